The summed E-state index contributed by atoms with van der Waals surface area (Å²) >= 11 is 0. The quantitative estimate of drug-likeness (QED) is 0.665. The molecule has 0 amide bonds. The van der Waals surface area contributed by atoms with Crippen molar-refractivity contribution in [1.82, 2.24) is 0 Å². The van der Waals surface area contributed by atoms with Crippen LogP contribution >= 0.6 is 0 Å². The van der Waals surface area contributed by atoms with E-state index in [0.717, 1.165) is 12.0 Å². The normalized spacial score (nSPS) is 10.1. The van der Waals surface area contributed by atoms with Gasteiger partial charge in [-0.3, -0.25) is 0 Å². The Kier molecular flexibility index (Phi) is 2.64. The number of benzene rings is 2. The predicted octanol–water partition coefficient (Wildman–Crippen LogP) is 3.34. The minimum absolute atomic E-state index is 0.821. The molecule has 0 aliphatic heterocycles. The van der Waals surface area contributed by atoms with Crippen molar-refractivity contribution in [3.05, 3.63) is 78.2 Å². The van der Waals surface area contributed by atoms with Crippen molar-refractivity contribution in [2.24, 2.45) is 0 Å². The molecule has 2 rings (SSSR count). The number of hydrogen-bond acceptors (Lipinski definition) is 0. The van der Waals surface area contributed by atoms with Gasteiger partial charge in [0.1, 0.15) is 0 Å². The topological polar surface area (TPSA) is 0 Å². The Labute approximate surface area is 85.2 Å². The van der Waals surface area contributed by atoms with E-state index in [-0.39, 0.29) is 0 Å². The standard InChI is InChI=1S/C14H12/c1-12-7-9-14(10-8-12)11-13-5-3-2-4-6-13/h1-10H,11H2. The SMILES string of the molecule is [CH]c1ccc(Cc2ccccc2)cc1. The third kappa shape index (κ3) is 2.23. The Morgan fingerprint density at radius 1 is 0.714 bits per heavy atom. The molecule has 0 spiro atoms. The molecule has 2 radical (unpaired) electrons. The highest BCUT2D eigenvalue weighted by Crippen LogP contribution is 2.09. The Hall–Kier alpha value is -1.56. The fourth-order valence-electron chi connectivity index (χ4n) is 1.47. The Morgan fingerprint density at radius 3 is 1.93 bits per heavy atom. The van der Waals surface area contributed by atoms with Crippen LogP contribution in [0.1, 0.15) is 16.7 Å². The van der Waals surface area contributed by atoms with Crippen molar-refractivity contribution < 1.29 is 0 Å². The third-order valence-corrected chi connectivity index (χ3v) is 2.23. The lowest BCUT2D eigenvalue weighted by Crippen LogP contribution is -1.86. The first kappa shape index (κ1) is 9.01. The van der Waals surface area contributed by atoms with Gasteiger partial charge in [0.05, 0.1) is 0 Å². The van der Waals surface area contributed by atoms with Crippen LogP contribution in [-0.4, -0.2) is 0 Å². The van der Waals surface area contributed by atoms with E-state index in [1.807, 2.05) is 18.2 Å². The van der Waals surface area contributed by atoms with E-state index in [2.05, 4.69) is 36.4 Å². The highest BCUT2D eigenvalue weighted by Gasteiger charge is 1.94. The van der Waals surface area contributed by atoms with Crippen LogP contribution in [0.2, 0.25) is 0 Å². The summed E-state index contributed by atoms with van der Waals surface area (Å²) < 4.78 is 0. The van der Waals surface area contributed by atoms with Crippen LogP contribution in [0.5, 0.6) is 0 Å². The maximum Gasteiger partial charge on any atom is -0.00120 e. The molecule has 2 aromatic rings. The lowest BCUT2D eigenvalue weighted by molar-refractivity contribution is 1.19. The molecule has 0 nitrogen and oxygen atoms in total. The minimum atomic E-state index is 0.821. The summed E-state index contributed by atoms with van der Waals surface area (Å²) in [7, 11) is 0. The molecular weight excluding hydrogens is 168 g/mol. The number of rotatable bonds is 2. The fraction of sp³-hybridized carbons (Fsp3) is 0.0714. The second kappa shape index (κ2) is 4.10. The Balaban J connectivity index is 2.16. The zero-order valence-corrected chi connectivity index (χ0v) is 7.98. The zero-order valence-electron chi connectivity index (χ0n) is 7.98. The molecule has 0 aliphatic carbocycles. The van der Waals surface area contributed by atoms with Crippen molar-refractivity contribution >= 4 is 0 Å². The van der Waals surface area contributed by atoms with Gasteiger partial charge >= 0.3 is 0 Å². The minimum Gasteiger partial charge on any atom is -0.0622 e. The van der Waals surface area contributed by atoms with Crippen LogP contribution in [0.4, 0.5) is 0 Å². The summed E-state index contributed by atoms with van der Waals surface area (Å²) in [6.45, 7) is 5.62. The van der Waals surface area contributed by atoms with Gasteiger partial charge in [0.25, 0.3) is 0 Å². The first-order chi connectivity index (χ1) is 6.84. The summed E-state index contributed by atoms with van der Waals surface area (Å²) in [6, 6.07) is 18.5. The lowest BCUT2D eigenvalue weighted by Gasteiger charge is -2.01. The van der Waals surface area contributed by atoms with Gasteiger partial charge < -0.3 is 0 Å². The van der Waals surface area contributed by atoms with Crippen LogP contribution in [0, 0.1) is 6.92 Å². The lowest BCUT2D eigenvalue weighted by atomic mass is 10.0. The fourth-order valence-corrected chi connectivity index (χ4v) is 1.47. The predicted molar refractivity (Wildman–Crippen MR) is 59.1 cm³/mol. The molecule has 0 saturated carbocycles. The summed E-state index contributed by atoms with van der Waals surface area (Å²) in [5, 5.41) is 0. The van der Waals surface area contributed by atoms with E-state index >= 15 is 0 Å². The van der Waals surface area contributed by atoms with Gasteiger partial charge in [0.15, 0.2) is 0 Å². The first-order valence-corrected chi connectivity index (χ1v) is 4.73. The summed E-state index contributed by atoms with van der Waals surface area (Å²) in [6.07, 6.45) is 0.973. The van der Waals surface area contributed by atoms with Crippen molar-refractivity contribution in [2.45, 2.75) is 6.42 Å². The third-order valence-electron chi connectivity index (χ3n) is 2.23. The molecule has 0 fully saturated rings. The van der Waals surface area contributed by atoms with Crippen LogP contribution in [-0.2, 0) is 6.42 Å². The summed E-state index contributed by atoms with van der Waals surface area (Å²) in [5.41, 5.74) is 3.45. The van der Waals surface area contributed by atoms with Gasteiger partial charge in [0, 0.05) is 0 Å². The van der Waals surface area contributed by atoms with Crippen molar-refractivity contribution in [2.75, 3.05) is 0 Å². The Bertz CT molecular complexity index is 384. The molecule has 0 heteroatoms. The average molecular weight is 180 g/mol. The molecular formula is C14H12. The molecule has 14 heavy (non-hydrogen) atoms. The van der Waals surface area contributed by atoms with E-state index in [9.17, 15) is 0 Å². The van der Waals surface area contributed by atoms with Gasteiger partial charge in [-0.25, -0.2) is 0 Å². The highest BCUT2D eigenvalue weighted by atomic mass is 14.0. The second-order valence-electron chi connectivity index (χ2n) is 3.40. The van der Waals surface area contributed by atoms with E-state index in [4.69, 9.17) is 6.92 Å². The highest BCUT2D eigenvalue weighted by molar-refractivity contribution is 5.29. The molecule has 68 valence electrons. The average Bonchev–Trinajstić information content (AvgIpc) is 2.23. The van der Waals surface area contributed by atoms with E-state index in [1.54, 1.807) is 0 Å². The van der Waals surface area contributed by atoms with E-state index in [0.29, 0.717) is 0 Å². The molecule has 0 bridgehead atoms. The van der Waals surface area contributed by atoms with Gasteiger partial charge in [0.2, 0.25) is 0 Å². The molecule has 0 aromatic heterocycles. The monoisotopic (exact) mass is 180 g/mol. The van der Waals surface area contributed by atoms with Crippen LogP contribution in [0.15, 0.2) is 54.6 Å². The van der Waals surface area contributed by atoms with Gasteiger partial charge in [-0.1, -0.05) is 54.6 Å². The molecule has 0 N–H and O–H groups in total. The smallest absolute Gasteiger partial charge is 0.00120 e. The molecule has 0 aliphatic rings. The van der Waals surface area contributed by atoms with Crippen LogP contribution in [0.25, 0.3) is 0 Å². The van der Waals surface area contributed by atoms with Gasteiger partial charge in [-0.2, -0.15) is 0 Å². The van der Waals surface area contributed by atoms with Crippen molar-refractivity contribution in [3.8, 4) is 0 Å². The summed E-state index contributed by atoms with van der Waals surface area (Å²) in [5.74, 6) is 0. The largest absolute Gasteiger partial charge is 0.0622 e. The van der Waals surface area contributed by atoms with Gasteiger partial charge in [-0.05, 0) is 30.0 Å². The molecule has 0 unspecified atom stereocenters. The van der Waals surface area contributed by atoms with E-state index < -0.39 is 0 Å². The molecule has 0 atom stereocenters. The van der Waals surface area contributed by atoms with Crippen LogP contribution in [0.3, 0.4) is 0 Å². The van der Waals surface area contributed by atoms with Gasteiger partial charge in [-0.15, -0.1) is 0 Å². The maximum absolute atomic E-state index is 5.62. The van der Waals surface area contributed by atoms with Crippen molar-refractivity contribution in [3.63, 3.8) is 0 Å². The zero-order chi connectivity index (χ0) is 9.80. The number of hydrogen-bond donors (Lipinski definition) is 0. The molecule has 2 aromatic carbocycles. The maximum atomic E-state index is 5.62. The summed E-state index contributed by atoms with van der Waals surface area (Å²) in [4.78, 5) is 0. The first-order valence-electron chi connectivity index (χ1n) is 4.73. The second-order valence-corrected chi connectivity index (χ2v) is 3.40. The van der Waals surface area contributed by atoms with Crippen LogP contribution < -0.4 is 0 Å². The molecule has 0 heterocycles. The van der Waals surface area contributed by atoms with E-state index in [1.165, 1.54) is 11.1 Å². The Morgan fingerprint density at radius 2 is 1.29 bits per heavy atom. The molecule has 0 saturated heterocycles. The van der Waals surface area contributed by atoms with Crippen molar-refractivity contribution in [1.29, 1.82) is 0 Å².